The van der Waals surface area contributed by atoms with Crippen LogP contribution in [0.1, 0.15) is 10.5 Å². The van der Waals surface area contributed by atoms with Crippen LogP contribution < -0.4 is 5.32 Å². The van der Waals surface area contributed by atoms with Crippen molar-refractivity contribution in [3.63, 3.8) is 0 Å². The number of anilines is 1. The molecule has 5 nitrogen and oxygen atoms in total. The Morgan fingerprint density at radius 1 is 1.21 bits per heavy atom. The van der Waals surface area contributed by atoms with E-state index in [0.717, 1.165) is 0 Å². The molecule has 98 valence electrons. The summed E-state index contributed by atoms with van der Waals surface area (Å²) in [6.07, 6.45) is 4.06. The van der Waals surface area contributed by atoms with Gasteiger partial charge >= 0.3 is 0 Å². The first-order valence-corrected chi connectivity index (χ1v) is 6.08. The second kappa shape index (κ2) is 5.61. The second-order valence-corrected chi connectivity index (χ2v) is 4.61. The van der Waals surface area contributed by atoms with Crippen LogP contribution in [0.5, 0.6) is 5.75 Å². The number of phenolic OH excluding ortho intramolecular Hbond substituents is 1. The zero-order chi connectivity index (χ0) is 14.0. The topological polar surface area (TPSA) is 75.1 Å². The van der Waals surface area contributed by atoms with Gasteiger partial charge in [0.25, 0.3) is 5.91 Å². The maximum atomic E-state index is 11.9. The summed E-state index contributed by atoms with van der Waals surface area (Å²) >= 11 is 17.5. The summed E-state index contributed by atoms with van der Waals surface area (Å²) in [7, 11) is 0. The molecule has 0 spiro atoms. The van der Waals surface area contributed by atoms with E-state index in [1.807, 2.05) is 0 Å². The number of phenols is 1. The third-order valence-electron chi connectivity index (χ3n) is 2.18. The quantitative estimate of drug-likeness (QED) is 0.657. The van der Waals surface area contributed by atoms with Crippen molar-refractivity contribution in [3.05, 3.63) is 45.4 Å². The van der Waals surface area contributed by atoms with Crippen molar-refractivity contribution in [1.29, 1.82) is 0 Å². The van der Waals surface area contributed by atoms with Gasteiger partial charge in [-0.2, -0.15) is 0 Å². The lowest BCUT2D eigenvalue weighted by molar-refractivity contribution is 0.102. The van der Waals surface area contributed by atoms with Gasteiger partial charge in [0.05, 0.1) is 21.3 Å². The Labute approximate surface area is 123 Å². The van der Waals surface area contributed by atoms with Gasteiger partial charge < -0.3 is 10.4 Å². The SMILES string of the molecule is O=C(Nc1c(O)c(Cl)cc(Cl)c1Cl)c1cnccn1. The predicted octanol–water partition coefficient (Wildman–Crippen LogP) is 3.39. The predicted molar refractivity (Wildman–Crippen MR) is 73.1 cm³/mol. The van der Waals surface area contributed by atoms with Crippen LogP contribution in [-0.4, -0.2) is 21.0 Å². The first kappa shape index (κ1) is 13.9. The smallest absolute Gasteiger partial charge is 0.276 e. The summed E-state index contributed by atoms with van der Waals surface area (Å²) < 4.78 is 0. The summed E-state index contributed by atoms with van der Waals surface area (Å²) in [4.78, 5) is 19.4. The third-order valence-corrected chi connectivity index (χ3v) is 3.26. The van der Waals surface area contributed by atoms with Crippen LogP contribution in [0, 0.1) is 0 Å². The highest BCUT2D eigenvalue weighted by atomic mass is 35.5. The Morgan fingerprint density at radius 3 is 2.58 bits per heavy atom. The molecule has 0 aliphatic heterocycles. The van der Waals surface area contributed by atoms with E-state index in [2.05, 4.69) is 15.3 Å². The van der Waals surface area contributed by atoms with Crippen LogP contribution in [0.25, 0.3) is 0 Å². The van der Waals surface area contributed by atoms with Crippen molar-refractivity contribution in [1.82, 2.24) is 9.97 Å². The van der Waals surface area contributed by atoms with Gasteiger partial charge in [0.1, 0.15) is 11.4 Å². The van der Waals surface area contributed by atoms with Crippen molar-refractivity contribution < 1.29 is 9.90 Å². The van der Waals surface area contributed by atoms with Crippen LogP contribution in [-0.2, 0) is 0 Å². The van der Waals surface area contributed by atoms with E-state index in [9.17, 15) is 9.90 Å². The number of nitrogens with zero attached hydrogens (tertiary/aromatic N) is 2. The van der Waals surface area contributed by atoms with Crippen LogP contribution >= 0.6 is 34.8 Å². The number of aromatic hydroxyl groups is 1. The van der Waals surface area contributed by atoms with Crippen LogP contribution in [0.2, 0.25) is 15.1 Å². The molecule has 0 saturated carbocycles. The molecular weight excluding hydrogens is 312 g/mol. The summed E-state index contributed by atoms with van der Waals surface area (Å²) in [6.45, 7) is 0. The number of aromatic nitrogens is 2. The van der Waals surface area contributed by atoms with Gasteiger partial charge in [0, 0.05) is 12.4 Å². The maximum absolute atomic E-state index is 11.9. The van der Waals surface area contributed by atoms with Crippen LogP contribution in [0.15, 0.2) is 24.7 Å². The molecule has 0 radical (unpaired) electrons. The van der Waals surface area contributed by atoms with E-state index in [1.54, 1.807) is 0 Å². The molecule has 19 heavy (non-hydrogen) atoms. The normalized spacial score (nSPS) is 10.3. The van der Waals surface area contributed by atoms with Gasteiger partial charge in [-0.15, -0.1) is 0 Å². The van der Waals surface area contributed by atoms with Crippen molar-refractivity contribution in [2.24, 2.45) is 0 Å². The summed E-state index contributed by atoms with van der Waals surface area (Å²) in [5.74, 6) is -0.961. The van der Waals surface area contributed by atoms with E-state index in [1.165, 1.54) is 24.7 Å². The molecule has 0 fully saturated rings. The van der Waals surface area contributed by atoms with E-state index >= 15 is 0 Å². The lowest BCUT2D eigenvalue weighted by Crippen LogP contribution is -2.14. The minimum absolute atomic E-state index is 0.0131. The second-order valence-electron chi connectivity index (χ2n) is 3.42. The molecule has 2 N–H and O–H groups in total. The Morgan fingerprint density at radius 2 is 1.95 bits per heavy atom. The fourth-order valence-corrected chi connectivity index (χ4v) is 1.95. The summed E-state index contributed by atoms with van der Waals surface area (Å²) in [5, 5.41) is 12.2. The molecule has 1 aromatic heterocycles. The fraction of sp³-hybridized carbons (Fsp3) is 0. The molecule has 0 unspecified atom stereocenters. The third kappa shape index (κ3) is 2.89. The molecule has 0 atom stereocenters. The zero-order valence-corrected chi connectivity index (χ0v) is 11.5. The lowest BCUT2D eigenvalue weighted by atomic mass is 10.2. The van der Waals surface area contributed by atoms with Crippen LogP contribution in [0.3, 0.4) is 0 Å². The monoisotopic (exact) mass is 317 g/mol. The van der Waals surface area contributed by atoms with Crippen LogP contribution in [0.4, 0.5) is 5.69 Å². The number of carbonyl (C=O) groups is 1. The molecule has 2 aromatic rings. The average Bonchev–Trinajstić information content (AvgIpc) is 2.42. The molecule has 1 amide bonds. The zero-order valence-electron chi connectivity index (χ0n) is 9.19. The minimum atomic E-state index is -0.594. The van der Waals surface area contributed by atoms with E-state index < -0.39 is 5.91 Å². The molecule has 0 aliphatic carbocycles. The van der Waals surface area contributed by atoms with E-state index in [0.29, 0.717) is 0 Å². The highest BCUT2D eigenvalue weighted by Gasteiger charge is 2.18. The molecule has 1 aromatic carbocycles. The van der Waals surface area contributed by atoms with E-state index in [4.69, 9.17) is 34.8 Å². The molecule has 0 saturated heterocycles. The van der Waals surface area contributed by atoms with Gasteiger partial charge in [-0.25, -0.2) is 4.98 Å². The standard InChI is InChI=1S/C11H6Cl3N3O2/c12-5-3-6(13)10(18)9(8(5)14)17-11(19)7-4-15-1-2-16-7/h1-4,18H,(H,17,19). The Balaban J connectivity index is 2.37. The number of benzene rings is 1. The molecule has 0 aliphatic rings. The first-order chi connectivity index (χ1) is 9.00. The number of nitrogens with one attached hydrogen (secondary N) is 1. The van der Waals surface area contributed by atoms with Crippen molar-refractivity contribution >= 4 is 46.4 Å². The number of carbonyl (C=O) groups excluding carboxylic acids is 1. The Hall–Kier alpha value is -1.56. The molecule has 0 bridgehead atoms. The summed E-state index contributed by atoms with van der Waals surface area (Å²) in [5.41, 5.74) is -0.0103. The maximum Gasteiger partial charge on any atom is 0.276 e. The number of rotatable bonds is 2. The number of hydrogen-bond acceptors (Lipinski definition) is 4. The molecular formula is C11H6Cl3N3O2. The van der Waals surface area contributed by atoms with Gasteiger partial charge in [0.2, 0.25) is 0 Å². The number of hydrogen-bond donors (Lipinski definition) is 2. The average molecular weight is 319 g/mol. The Bertz CT molecular complexity index is 609. The number of amides is 1. The van der Waals surface area contributed by atoms with Crippen molar-refractivity contribution in [3.8, 4) is 5.75 Å². The molecule has 1 heterocycles. The number of halogens is 3. The van der Waals surface area contributed by atoms with Gasteiger partial charge in [0.15, 0.2) is 5.75 Å². The Kier molecular flexibility index (Phi) is 4.09. The highest BCUT2D eigenvalue weighted by molar-refractivity contribution is 6.46. The van der Waals surface area contributed by atoms with Crippen molar-refractivity contribution in [2.75, 3.05) is 5.32 Å². The highest BCUT2D eigenvalue weighted by Crippen LogP contribution is 2.42. The fourth-order valence-electron chi connectivity index (χ4n) is 1.29. The minimum Gasteiger partial charge on any atom is -0.504 e. The van der Waals surface area contributed by atoms with Gasteiger partial charge in [-0.1, -0.05) is 34.8 Å². The lowest BCUT2D eigenvalue weighted by Gasteiger charge is -2.11. The van der Waals surface area contributed by atoms with Crippen molar-refractivity contribution in [2.45, 2.75) is 0 Å². The van der Waals surface area contributed by atoms with E-state index in [-0.39, 0.29) is 32.2 Å². The summed E-state index contributed by atoms with van der Waals surface area (Å²) in [6, 6.07) is 1.28. The molecule has 2 rings (SSSR count). The largest absolute Gasteiger partial charge is 0.504 e. The molecule has 8 heteroatoms. The first-order valence-electron chi connectivity index (χ1n) is 4.94. The van der Waals surface area contributed by atoms with Gasteiger partial charge in [-0.05, 0) is 6.07 Å². The van der Waals surface area contributed by atoms with Gasteiger partial charge in [-0.3, -0.25) is 9.78 Å².